The molecule has 0 aliphatic carbocycles. The maximum absolute atomic E-state index is 13.8. The van der Waals surface area contributed by atoms with Crippen LogP contribution in [0.4, 0.5) is 5.69 Å². The number of piperidine rings is 1. The number of esters is 1. The molecule has 9 nitrogen and oxygen atoms in total. The third-order valence-electron chi connectivity index (χ3n) is 6.56. The first-order valence-electron chi connectivity index (χ1n) is 12.8. The lowest BCUT2D eigenvalue weighted by Crippen LogP contribution is -2.35. The van der Waals surface area contributed by atoms with Crippen molar-refractivity contribution in [1.82, 2.24) is 4.90 Å². The number of ether oxygens (including phenoxy) is 2. The number of likely N-dealkylation sites (tertiary alicyclic amines) is 1. The van der Waals surface area contributed by atoms with Crippen LogP contribution in [0.2, 0.25) is 5.02 Å². The smallest absolute Gasteiger partial charge is 0.305 e. The van der Waals surface area contributed by atoms with Crippen molar-refractivity contribution in [1.29, 1.82) is 0 Å². The fourth-order valence-electron chi connectivity index (χ4n) is 4.46. The van der Waals surface area contributed by atoms with Gasteiger partial charge < -0.3 is 20.2 Å². The van der Waals surface area contributed by atoms with Crippen LogP contribution in [0, 0.1) is 12.8 Å². The van der Waals surface area contributed by atoms with Gasteiger partial charge in [0.05, 0.1) is 24.4 Å². The van der Waals surface area contributed by atoms with Gasteiger partial charge in [-0.2, -0.15) is 5.10 Å². The Labute approximate surface area is 242 Å². The summed E-state index contributed by atoms with van der Waals surface area (Å²) >= 11 is 6.30. The van der Waals surface area contributed by atoms with Gasteiger partial charge in [0.25, 0.3) is 10.0 Å². The van der Waals surface area contributed by atoms with E-state index in [9.17, 15) is 13.2 Å². The first kappa shape index (κ1) is 32.5. The normalized spacial score (nSPS) is 14.2. The molecule has 1 aliphatic rings. The number of halogens is 2. The lowest BCUT2D eigenvalue weighted by Gasteiger charge is -2.30. The number of nitrogens with two attached hydrogens (primary N) is 1. The summed E-state index contributed by atoms with van der Waals surface area (Å²) < 4.78 is 39.8. The van der Waals surface area contributed by atoms with E-state index in [4.69, 9.17) is 26.9 Å². The molecule has 39 heavy (non-hydrogen) atoms. The highest BCUT2D eigenvalue weighted by atomic mass is 35.5. The number of unbranched alkanes of at least 4 members (excludes halogenated alkanes) is 2. The highest BCUT2D eigenvalue weighted by Crippen LogP contribution is 2.32. The molecule has 0 spiro atoms. The summed E-state index contributed by atoms with van der Waals surface area (Å²) in [6.45, 7) is 4.43. The molecule has 0 saturated carbocycles. The quantitative estimate of drug-likeness (QED) is 0.0859. The lowest BCUT2D eigenvalue weighted by atomic mass is 9.98. The predicted octanol–water partition coefficient (Wildman–Crippen LogP) is 4.99. The van der Waals surface area contributed by atoms with Crippen LogP contribution in [0.25, 0.3) is 0 Å². The van der Waals surface area contributed by atoms with E-state index in [-0.39, 0.29) is 34.8 Å². The van der Waals surface area contributed by atoms with Crippen molar-refractivity contribution in [3.8, 4) is 5.75 Å². The molecule has 216 valence electrons. The van der Waals surface area contributed by atoms with E-state index in [1.165, 1.54) is 17.5 Å². The number of sulfonamides is 1. The average Bonchev–Trinajstić information content (AvgIpc) is 2.90. The van der Waals surface area contributed by atoms with Crippen LogP contribution in [-0.4, -0.2) is 59.0 Å². The van der Waals surface area contributed by atoms with E-state index < -0.39 is 10.0 Å². The second kappa shape index (κ2) is 15.8. The summed E-state index contributed by atoms with van der Waals surface area (Å²) in [5, 5.41) is 3.76. The van der Waals surface area contributed by atoms with Crippen LogP contribution in [0.3, 0.4) is 0 Å². The summed E-state index contributed by atoms with van der Waals surface area (Å²) in [5.74, 6) is 5.99. The van der Waals surface area contributed by atoms with Crippen LogP contribution in [0.15, 0.2) is 52.5 Å². The van der Waals surface area contributed by atoms with Gasteiger partial charge in [0.2, 0.25) is 0 Å². The molecular weight excluding hydrogens is 563 g/mol. The van der Waals surface area contributed by atoms with Gasteiger partial charge >= 0.3 is 5.97 Å². The van der Waals surface area contributed by atoms with Crippen molar-refractivity contribution in [3.05, 3.63) is 53.1 Å². The molecule has 12 heteroatoms. The number of rotatable bonds is 13. The molecule has 0 amide bonds. The molecule has 1 heterocycles. The standard InChI is InChI=1S/C27H37ClN4O5S.ClH/c1-21-16-23(18-24(17-21)37-19-22-11-14-31(15-12-22)20-30-29)32(13-7-3-4-10-27(33)36-2)38(34,35)26-9-6-5-8-25(26)28;/h5-6,8-9,16-18,20,22H,3-4,7,10-15,19,29H2,1-2H3;1H/b30-20-;. The summed E-state index contributed by atoms with van der Waals surface area (Å²) in [5.41, 5.74) is 1.40. The first-order valence-corrected chi connectivity index (χ1v) is 14.6. The van der Waals surface area contributed by atoms with Crippen molar-refractivity contribution in [3.63, 3.8) is 0 Å². The Bertz CT molecular complexity index is 1200. The van der Waals surface area contributed by atoms with Gasteiger partial charge in [0.15, 0.2) is 0 Å². The first-order chi connectivity index (χ1) is 18.2. The Hall–Kier alpha value is -2.69. The summed E-state index contributed by atoms with van der Waals surface area (Å²) in [6.07, 6.45) is 5.74. The number of carbonyl (C=O) groups is 1. The minimum Gasteiger partial charge on any atom is -0.493 e. The summed E-state index contributed by atoms with van der Waals surface area (Å²) in [6, 6.07) is 11.9. The number of methoxy groups -OCH3 is 1. The molecule has 0 bridgehead atoms. The number of benzene rings is 2. The van der Waals surface area contributed by atoms with E-state index in [1.807, 2.05) is 19.1 Å². The van der Waals surface area contributed by atoms with Crippen LogP contribution < -0.4 is 14.9 Å². The largest absolute Gasteiger partial charge is 0.493 e. The fraction of sp³-hybridized carbons (Fsp3) is 0.481. The zero-order valence-electron chi connectivity index (χ0n) is 22.4. The number of nitrogens with zero attached hydrogens (tertiary/aromatic N) is 3. The van der Waals surface area contributed by atoms with Crippen LogP contribution in [0.5, 0.6) is 5.75 Å². The Morgan fingerprint density at radius 3 is 2.56 bits per heavy atom. The zero-order valence-corrected chi connectivity index (χ0v) is 24.8. The zero-order chi connectivity index (χ0) is 27.5. The van der Waals surface area contributed by atoms with Crippen molar-refractivity contribution < 1.29 is 22.7 Å². The molecule has 3 rings (SSSR count). The number of aryl methyl sites for hydroxylation is 1. The SMILES string of the molecule is COC(=O)CCCCCN(c1cc(C)cc(OCC2CCN(/C=N\N)CC2)c1)S(=O)(=O)c1ccccc1Cl.Cl. The molecule has 2 aromatic rings. The van der Waals surface area contributed by atoms with Crippen molar-refractivity contribution in [2.75, 3.05) is 37.7 Å². The minimum absolute atomic E-state index is 0. The fourth-order valence-corrected chi connectivity index (χ4v) is 6.45. The number of carbonyl (C=O) groups excluding carboxylic acids is 1. The van der Waals surface area contributed by atoms with Crippen LogP contribution in [-0.2, 0) is 19.6 Å². The molecule has 1 aliphatic heterocycles. The Morgan fingerprint density at radius 1 is 1.18 bits per heavy atom. The van der Waals surface area contributed by atoms with Gasteiger partial charge in [0.1, 0.15) is 17.0 Å². The van der Waals surface area contributed by atoms with Gasteiger partial charge in [-0.1, -0.05) is 30.2 Å². The highest BCUT2D eigenvalue weighted by Gasteiger charge is 2.27. The van der Waals surface area contributed by atoms with Crippen molar-refractivity contribution in [2.45, 2.75) is 50.3 Å². The number of anilines is 1. The number of hydrogen-bond acceptors (Lipinski definition) is 7. The predicted molar refractivity (Wildman–Crippen MR) is 157 cm³/mol. The summed E-state index contributed by atoms with van der Waals surface area (Å²) in [4.78, 5) is 13.6. The third-order valence-corrected chi connectivity index (χ3v) is 8.89. The number of hydrazone groups is 1. The maximum atomic E-state index is 13.8. The Balaban J connectivity index is 0.00000533. The second-order valence-electron chi connectivity index (χ2n) is 9.45. The topological polar surface area (TPSA) is 115 Å². The van der Waals surface area contributed by atoms with Gasteiger partial charge in [-0.3, -0.25) is 9.10 Å². The molecular formula is C27H38Cl2N4O5S. The molecule has 2 aromatic carbocycles. The molecule has 1 saturated heterocycles. The van der Waals surface area contributed by atoms with Gasteiger partial charge in [-0.25, -0.2) is 8.42 Å². The van der Waals surface area contributed by atoms with E-state index in [1.54, 1.807) is 30.6 Å². The van der Waals surface area contributed by atoms with Crippen LogP contribution >= 0.6 is 24.0 Å². The molecule has 0 radical (unpaired) electrons. The van der Waals surface area contributed by atoms with Crippen molar-refractivity contribution in [2.24, 2.45) is 16.9 Å². The average molecular weight is 602 g/mol. The summed E-state index contributed by atoms with van der Waals surface area (Å²) in [7, 11) is -2.59. The lowest BCUT2D eigenvalue weighted by molar-refractivity contribution is -0.140. The molecule has 0 unspecified atom stereocenters. The molecule has 1 fully saturated rings. The van der Waals surface area contributed by atoms with E-state index in [2.05, 4.69) is 10.0 Å². The van der Waals surface area contributed by atoms with Crippen LogP contribution in [0.1, 0.15) is 44.1 Å². The van der Waals surface area contributed by atoms with E-state index >= 15 is 0 Å². The molecule has 0 aromatic heterocycles. The maximum Gasteiger partial charge on any atom is 0.305 e. The Morgan fingerprint density at radius 2 is 1.90 bits per heavy atom. The molecule has 2 N–H and O–H groups in total. The Kier molecular flexibility index (Phi) is 13.2. The number of hydrogen-bond donors (Lipinski definition) is 1. The third kappa shape index (κ3) is 9.47. The highest BCUT2D eigenvalue weighted by molar-refractivity contribution is 7.93. The van der Waals surface area contributed by atoms with Gasteiger partial charge in [-0.05, 0) is 68.4 Å². The van der Waals surface area contributed by atoms with E-state index in [0.717, 1.165) is 31.5 Å². The minimum atomic E-state index is -3.95. The van der Waals surface area contributed by atoms with Crippen molar-refractivity contribution >= 4 is 52.0 Å². The monoisotopic (exact) mass is 600 g/mol. The van der Waals surface area contributed by atoms with Gasteiger partial charge in [0, 0.05) is 32.1 Å². The second-order valence-corrected chi connectivity index (χ2v) is 11.7. The van der Waals surface area contributed by atoms with Gasteiger partial charge in [-0.15, -0.1) is 12.4 Å². The van der Waals surface area contributed by atoms with E-state index in [0.29, 0.717) is 49.6 Å². The molecule has 0 atom stereocenters.